The number of hydrogen-bond acceptors (Lipinski definition) is 5. The van der Waals surface area contributed by atoms with Crippen LogP contribution < -0.4 is 5.32 Å². The van der Waals surface area contributed by atoms with Crippen LogP contribution in [0.5, 0.6) is 0 Å². The molecule has 7 heteroatoms. The fourth-order valence-corrected chi connectivity index (χ4v) is 3.38. The van der Waals surface area contributed by atoms with Crippen molar-refractivity contribution in [3.8, 4) is 0 Å². The zero-order valence-electron chi connectivity index (χ0n) is 11.8. The van der Waals surface area contributed by atoms with Gasteiger partial charge in [-0.1, -0.05) is 12.1 Å². The highest BCUT2D eigenvalue weighted by atomic mass is 32.2. The van der Waals surface area contributed by atoms with Crippen molar-refractivity contribution in [2.45, 2.75) is 19.2 Å². The Kier molecular flexibility index (Phi) is 4.74. The monoisotopic (exact) mass is 324 g/mol. The van der Waals surface area contributed by atoms with Gasteiger partial charge in [-0.3, -0.25) is 4.79 Å². The molecule has 0 aliphatic rings. The summed E-state index contributed by atoms with van der Waals surface area (Å²) < 4.78 is 22.6. The number of nitrogens with one attached hydrogen (secondary N) is 1. The molecule has 0 aliphatic heterocycles. The molecule has 21 heavy (non-hydrogen) atoms. The molecule has 112 valence electrons. The summed E-state index contributed by atoms with van der Waals surface area (Å²) in [6.07, 6.45) is 2.91. The molecule has 1 aromatic carbocycles. The van der Waals surface area contributed by atoms with Crippen LogP contribution in [0, 0.1) is 6.92 Å². The Morgan fingerprint density at radius 1 is 1.38 bits per heavy atom. The fraction of sp³-hybridized carbons (Fsp3) is 0.286. The van der Waals surface area contributed by atoms with E-state index in [1.165, 1.54) is 17.6 Å². The largest absolute Gasteiger partial charge is 0.347 e. The minimum Gasteiger partial charge on any atom is -0.347 e. The number of amides is 1. The molecule has 5 nitrogen and oxygen atoms in total. The summed E-state index contributed by atoms with van der Waals surface area (Å²) >= 11 is 1.53. The molecule has 2 aromatic rings. The van der Waals surface area contributed by atoms with Crippen molar-refractivity contribution in [1.29, 1.82) is 0 Å². The van der Waals surface area contributed by atoms with Gasteiger partial charge in [-0.15, -0.1) is 11.3 Å². The molecule has 0 saturated carbocycles. The average Bonchev–Trinajstić information content (AvgIpc) is 2.80. The summed E-state index contributed by atoms with van der Waals surface area (Å²) in [6.45, 7) is 2.32. The van der Waals surface area contributed by atoms with Crippen molar-refractivity contribution in [3.05, 3.63) is 51.5 Å². The topological polar surface area (TPSA) is 76.1 Å². The number of carbonyl (C=O) groups is 1. The Labute approximate surface area is 128 Å². The summed E-state index contributed by atoms with van der Waals surface area (Å²) in [5.41, 5.74) is 1.07. The average molecular weight is 324 g/mol. The molecular weight excluding hydrogens is 308 g/mol. The van der Waals surface area contributed by atoms with E-state index in [1.54, 1.807) is 30.5 Å². The molecule has 1 heterocycles. The van der Waals surface area contributed by atoms with Gasteiger partial charge in [-0.25, -0.2) is 13.4 Å². The predicted octanol–water partition coefficient (Wildman–Crippen LogP) is 1.93. The Bertz CT molecular complexity index is 751. The van der Waals surface area contributed by atoms with Crippen molar-refractivity contribution in [1.82, 2.24) is 10.3 Å². The lowest BCUT2D eigenvalue weighted by molar-refractivity contribution is 0.0951. The molecule has 0 saturated heterocycles. The van der Waals surface area contributed by atoms with Crippen LogP contribution in [0.3, 0.4) is 0 Å². The third kappa shape index (κ3) is 4.95. The van der Waals surface area contributed by atoms with Crippen molar-refractivity contribution >= 4 is 27.1 Å². The number of thiazole rings is 1. The van der Waals surface area contributed by atoms with Gasteiger partial charge < -0.3 is 5.32 Å². The molecule has 0 bridgehead atoms. The zero-order valence-corrected chi connectivity index (χ0v) is 13.4. The Morgan fingerprint density at radius 3 is 2.76 bits per heavy atom. The molecule has 0 aliphatic carbocycles. The van der Waals surface area contributed by atoms with Crippen LogP contribution in [0.1, 0.15) is 25.8 Å². The number of benzene rings is 1. The Balaban J connectivity index is 2.03. The van der Waals surface area contributed by atoms with Gasteiger partial charge in [0.25, 0.3) is 5.91 Å². The maximum Gasteiger partial charge on any atom is 0.251 e. The van der Waals surface area contributed by atoms with E-state index in [9.17, 15) is 13.2 Å². The summed E-state index contributed by atoms with van der Waals surface area (Å²) in [5, 5.41) is 3.75. The second-order valence-electron chi connectivity index (χ2n) is 4.80. The van der Waals surface area contributed by atoms with Gasteiger partial charge in [0.1, 0.15) is 0 Å². The van der Waals surface area contributed by atoms with E-state index in [0.29, 0.717) is 17.7 Å². The van der Waals surface area contributed by atoms with Crippen LogP contribution >= 0.6 is 11.3 Å². The number of sulfone groups is 1. The summed E-state index contributed by atoms with van der Waals surface area (Å²) in [4.78, 5) is 17.2. The number of aryl methyl sites for hydroxylation is 1. The summed E-state index contributed by atoms with van der Waals surface area (Å²) in [7, 11) is -3.11. The second-order valence-corrected chi connectivity index (χ2v) is 8.26. The molecule has 0 fully saturated rings. The van der Waals surface area contributed by atoms with E-state index in [-0.39, 0.29) is 11.7 Å². The molecular formula is C14H16N2O3S2. The van der Waals surface area contributed by atoms with E-state index in [1.807, 2.05) is 6.92 Å². The van der Waals surface area contributed by atoms with Crippen molar-refractivity contribution in [3.63, 3.8) is 0 Å². The van der Waals surface area contributed by atoms with E-state index in [2.05, 4.69) is 10.3 Å². The first-order valence-electron chi connectivity index (χ1n) is 6.30. The smallest absolute Gasteiger partial charge is 0.251 e. The fourth-order valence-electron chi connectivity index (χ4n) is 1.86. The Morgan fingerprint density at radius 2 is 2.14 bits per heavy atom. The van der Waals surface area contributed by atoms with Gasteiger partial charge in [0, 0.05) is 22.9 Å². The van der Waals surface area contributed by atoms with Crippen LogP contribution in [0.25, 0.3) is 0 Å². The quantitative estimate of drug-likeness (QED) is 0.912. The van der Waals surface area contributed by atoms with Gasteiger partial charge in [0.15, 0.2) is 9.84 Å². The van der Waals surface area contributed by atoms with Crippen LogP contribution in [-0.4, -0.2) is 25.6 Å². The van der Waals surface area contributed by atoms with Gasteiger partial charge >= 0.3 is 0 Å². The van der Waals surface area contributed by atoms with Crippen LogP contribution in [-0.2, 0) is 22.1 Å². The maximum atomic E-state index is 12.1. The SMILES string of the molecule is Cc1ncc(CNC(=O)c2cccc(CS(C)(=O)=O)c2)s1. The first kappa shape index (κ1) is 15.7. The number of aromatic nitrogens is 1. The molecule has 0 spiro atoms. The van der Waals surface area contributed by atoms with Gasteiger partial charge in [-0.05, 0) is 24.6 Å². The lowest BCUT2D eigenvalue weighted by atomic mass is 10.1. The van der Waals surface area contributed by atoms with Gasteiger partial charge in [0.05, 0.1) is 17.3 Å². The highest BCUT2D eigenvalue weighted by Gasteiger charge is 2.09. The van der Waals surface area contributed by atoms with Crippen molar-refractivity contribution in [2.75, 3.05) is 6.26 Å². The highest BCUT2D eigenvalue weighted by molar-refractivity contribution is 7.89. The standard InChI is InChI=1S/C14H16N2O3S2/c1-10-15-7-13(20-10)8-16-14(17)12-5-3-4-11(6-12)9-21(2,18)19/h3-7H,8-9H2,1-2H3,(H,16,17). The number of hydrogen-bond donors (Lipinski definition) is 1. The second kappa shape index (κ2) is 6.36. The molecule has 2 rings (SSSR count). The van der Waals surface area contributed by atoms with Crippen LogP contribution in [0.2, 0.25) is 0 Å². The number of carbonyl (C=O) groups excluding carboxylic acids is 1. The maximum absolute atomic E-state index is 12.1. The summed E-state index contributed by atoms with van der Waals surface area (Å²) in [5.74, 6) is -0.293. The third-order valence-corrected chi connectivity index (χ3v) is 4.48. The Hall–Kier alpha value is -1.73. The molecule has 1 N–H and O–H groups in total. The lowest BCUT2D eigenvalue weighted by Gasteiger charge is -2.05. The summed E-state index contributed by atoms with van der Waals surface area (Å²) in [6, 6.07) is 6.66. The highest BCUT2D eigenvalue weighted by Crippen LogP contribution is 2.12. The number of nitrogens with zero attached hydrogens (tertiary/aromatic N) is 1. The normalized spacial score (nSPS) is 11.3. The van der Waals surface area contributed by atoms with Crippen LogP contribution in [0.4, 0.5) is 0 Å². The molecule has 0 atom stereocenters. The molecule has 0 unspecified atom stereocenters. The van der Waals surface area contributed by atoms with Crippen molar-refractivity contribution in [2.24, 2.45) is 0 Å². The van der Waals surface area contributed by atoms with Gasteiger partial charge in [0.2, 0.25) is 0 Å². The van der Waals surface area contributed by atoms with E-state index < -0.39 is 9.84 Å². The molecule has 1 amide bonds. The van der Waals surface area contributed by atoms with Gasteiger partial charge in [-0.2, -0.15) is 0 Å². The first-order chi connectivity index (χ1) is 9.83. The minimum atomic E-state index is -3.11. The first-order valence-corrected chi connectivity index (χ1v) is 9.17. The predicted molar refractivity (Wildman–Crippen MR) is 83.0 cm³/mol. The minimum absolute atomic E-state index is 0.0673. The van der Waals surface area contributed by atoms with E-state index in [4.69, 9.17) is 0 Å². The number of rotatable bonds is 5. The van der Waals surface area contributed by atoms with E-state index >= 15 is 0 Å². The lowest BCUT2D eigenvalue weighted by Crippen LogP contribution is -2.22. The van der Waals surface area contributed by atoms with Crippen LogP contribution in [0.15, 0.2) is 30.5 Å². The zero-order chi connectivity index (χ0) is 15.5. The van der Waals surface area contributed by atoms with Crippen molar-refractivity contribution < 1.29 is 13.2 Å². The van der Waals surface area contributed by atoms with E-state index in [0.717, 1.165) is 9.88 Å². The third-order valence-electron chi connectivity index (χ3n) is 2.71. The molecule has 1 aromatic heterocycles. The molecule has 0 radical (unpaired) electrons.